The number of hydrogen-bond acceptors (Lipinski definition) is 3. The lowest BCUT2D eigenvalue weighted by Crippen LogP contribution is -2.03. The fraction of sp³-hybridized carbons (Fsp3) is 0. The largest absolute Gasteiger partial charge is 0.278 e. The second kappa shape index (κ2) is 10.7. The first-order valence-corrected chi connectivity index (χ1v) is 17.0. The first-order valence-electron chi connectivity index (χ1n) is 16.2. The summed E-state index contributed by atoms with van der Waals surface area (Å²) in [6.07, 6.45) is 0. The van der Waals surface area contributed by atoms with E-state index in [1.54, 1.807) is 0 Å². The Hall–Kier alpha value is -6.10. The highest BCUT2D eigenvalue weighted by molar-refractivity contribution is 7.26. The van der Waals surface area contributed by atoms with E-state index >= 15 is 0 Å². The van der Waals surface area contributed by atoms with Gasteiger partial charge in [-0.05, 0) is 46.5 Å². The lowest BCUT2D eigenvalue weighted by atomic mass is 10.0. The third-order valence-corrected chi connectivity index (χ3v) is 10.6. The molecular weight excluding hydrogens is 603 g/mol. The van der Waals surface area contributed by atoms with E-state index in [1.807, 2.05) is 11.3 Å². The topological polar surface area (TPSA) is 30.7 Å². The number of benzene rings is 7. The molecule has 10 aromatic rings. The Morgan fingerprint density at radius 1 is 0.417 bits per heavy atom. The second-order valence-corrected chi connectivity index (χ2v) is 13.3. The van der Waals surface area contributed by atoms with Gasteiger partial charge in [0.25, 0.3) is 0 Å². The zero-order chi connectivity index (χ0) is 31.6. The number of fused-ring (bicyclic) bond motifs is 8. The summed E-state index contributed by atoms with van der Waals surface area (Å²) < 4.78 is 4.86. The van der Waals surface area contributed by atoms with Crippen LogP contribution in [-0.2, 0) is 0 Å². The second-order valence-electron chi connectivity index (χ2n) is 12.2. The first-order chi connectivity index (χ1) is 23.8. The van der Waals surface area contributed by atoms with Crippen molar-refractivity contribution >= 4 is 64.2 Å². The maximum Gasteiger partial charge on any atom is 0.235 e. The fourth-order valence-electron chi connectivity index (χ4n) is 7.14. The number of nitrogens with zero attached hydrogens (tertiary/aromatic N) is 3. The molecule has 3 nitrogen and oxygen atoms in total. The number of rotatable bonds is 4. The standard InChI is InChI=1S/C44H27N3S/c1-3-11-28(12-4-1)30-19-21-31(22-20-30)42-35-16-7-9-17-37(35)45-44(46-42)47-38-26-25-34-33-15-8-10-18-40(33)48-43(34)41(38)36-24-23-32(27-39(36)47)29-13-5-2-6-14-29/h1-27H. The first kappa shape index (κ1) is 27.1. The molecule has 3 heterocycles. The highest BCUT2D eigenvalue weighted by atomic mass is 32.1. The lowest BCUT2D eigenvalue weighted by molar-refractivity contribution is 1.01. The smallest absolute Gasteiger partial charge is 0.235 e. The van der Waals surface area contributed by atoms with Gasteiger partial charge in [0.05, 0.1) is 22.2 Å². The number of hydrogen-bond donors (Lipinski definition) is 0. The highest BCUT2D eigenvalue weighted by Crippen LogP contribution is 2.44. The summed E-state index contributed by atoms with van der Waals surface area (Å²) in [6, 6.07) is 58.2. The van der Waals surface area contributed by atoms with Gasteiger partial charge in [-0.1, -0.05) is 140 Å². The molecule has 0 unspecified atom stereocenters. The summed E-state index contributed by atoms with van der Waals surface area (Å²) in [5.74, 6) is 0.668. The van der Waals surface area contributed by atoms with E-state index in [0.29, 0.717) is 5.95 Å². The summed E-state index contributed by atoms with van der Waals surface area (Å²) in [5, 5.41) is 6.06. The molecule has 0 aliphatic rings. The van der Waals surface area contributed by atoms with Crippen LogP contribution in [0, 0.1) is 0 Å². The molecule has 224 valence electrons. The van der Waals surface area contributed by atoms with Crippen LogP contribution in [0.2, 0.25) is 0 Å². The third kappa shape index (κ3) is 4.20. The molecule has 0 saturated heterocycles. The van der Waals surface area contributed by atoms with Crippen LogP contribution >= 0.6 is 11.3 Å². The molecule has 0 radical (unpaired) electrons. The van der Waals surface area contributed by atoms with E-state index in [4.69, 9.17) is 9.97 Å². The van der Waals surface area contributed by atoms with E-state index in [9.17, 15) is 0 Å². The predicted molar refractivity (Wildman–Crippen MR) is 203 cm³/mol. The average Bonchev–Trinajstić information content (AvgIpc) is 3.70. The van der Waals surface area contributed by atoms with E-state index in [1.165, 1.54) is 47.6 Å². The molecule has 0 atom stereocenters. The van der Waals surface area contributed by atoms with Gasteiger partial charge in [-0.15, -0.1) is 11.3 Å². The Morgan fingerprint density at radius 3 is 1.81 bits per heavy atom. The summed E-state index contributed by atoms with van der Waals surface area (Å²) >= 11 is 1.86. The van der Waals surface area contributed by atoms with Crippen LogP contribution in [0.3, 0.4) is 0 Å². The van der Waals surface area contributed by atoms with Gasteiger partial charge in [0, 0.05) is 41.9 Å². The minimum atomic E-state index is 0.668. The molecule has 0 amide bonds. The van der Waals surface area contributed by atoms with Crippen LogP contribution in [0.5, 0.6) is 0 Å². The van der Waals surface area contributed by atoms with E-state index in [-0.39, 0.29) is 0 Å². The Kier molecular flexibility index (Phi) is 6.05. The minimum Gasteiger partial charge on any atom is -0.278 e. The monoisotopic (exact) mass is 629 g/mol. The summed E-state index contributed by atoms with van der Waals surface area (Å²) in [6.45, 7) is 0. The molecule has 0 spiro atoms. The number of aromatic nitrogens is 3. The Labute approximate surface area is 281 Å². The molecule has 0 aliphatic heterocycles. The highest BCUT2D eigenvalue weighted by Gasteiger charge is 2.21. The molecule has 3 aromatic heterocycles. The predicted octanol–water partition coefficient (Wildman–Crippen LogP) is 12.1. The molecular formula is C44H27N3S. The van der Waals surface area contributed by atoms with Crippen LogP contribution in [0.1, 0.15) is 0 Å². The third-order valence-electron chi connectivity index (χ3n) is 9.44. The van der Waals surface area contributed by atoms with Gasteiger partial charge in [-0.2, -0.15) is 0 Å². The van der Waals surface area contributed by atoms with Gasteiger partial charge in [0.15, 0.2) is 0 Å². The molecule has 0 fully saturated rings. The fourth-order valence-corrected chi connectivity index (χ4v) is 8.40. The maximum absolute atomic E-state index is 5.40. The molecule has 48 heavy (non-hydrogen) atoms. The normalized spacial score (nSPS) is 11.8. The Balaban J connectivity index is 1.27. The van der Waals surface area contributed by atoms with E-state index < -0.39 is 0 Å². The maximum atomic E-state index is 5.40. The van der Waals surface area contributed by atoms with Crippen LogP contribution in [0.25, 0.3) is 92.3 Å². The molecule has 0 bridgehead atoms. The quantitative estimate of drug-likeness (QED) is 0.194. The zero-order valence-electron chi connectivity index (χ0n) is 25.8. The number of para-hydroxylation sites is 1. The van der Waals surface area contributed by atoms with Crippen molar-refractivity contribution in [3.8, 4) is 39.5 Å². The van der Waals surface area contributed by atoms with E-state index in [0.717, 1.165) is 38.8 Å². The van der Waals surface area contributed by atoms with E-state index in [2.05, 4.69) is 168 Å². The molecule has 4 heteroatoms. The van der Waals surface area contributed by atoms with Crippen molar-refractivity contribution in [2.75, 3.05) is 0 Å². The number of thiophene rings is 1. The summed E-state index contributed by atoms with van der Waals surface area (Å²) in [4.78, 5) is 10.6. The lowest BCUT2D eigenvalue weighted by Gasteiger charge is -2.12. The van der Waals surface area contributed by atoms with Crippen molar-refractivity contribution in [1.82, 2.24) is 14.5 Å². The van der Waals surface area contributed by atoms with Crippen molar-refractivity contribution in [2.24, 2.45) is 0 Å². The van der Waals surface area contributed by atoms with Gasteiger partial charge in [-0.25, -0.2) is 9.97 Å². The molecule has 0 saturated carbocycles. The van der Waals surface area contributed by atoms with Crippen LogP contribution in [0.4, 0.5) is 0 Å². The van der Waals surface area contributed by atoms with Crippen LogP contribution < -0.4 is 0 Å². The van der Waals surface area contributed by atoms with Gasteiger partial charge in [-0.3, -0.25) is 4.57 Å². The Bertz CT molecular complexity index is 2810. The zero-order valence-corrected chi connectivity index (χ0v) is 26.7. The van der Waals surface area contributed by atoms with Gasteiger partial charge < -0.3 is 0 Å². The van der Waals surface area contributed by atoms with Crippen molar-refractivity contribution in [2.45, 2.75) is 0 Å². The van der Waals surface area contributed by atoms with Gasteiger partial charge in [0.1, 0.15) is 0 Å². The van der Waals surface area contributed by atoms with Gasteiger partial charge >= 0.3 is 0 Å². The average molecular weight is 630 g/mol. The van der Waals surface area contributed by atoms with Crippen molar-refractivity contribution in [1.29, 1.82) is 0 Å². The molecule has 7 aromatic carbocycles. The van der Waals surface area contributed by atoms with Crippen LogP contribution in [0.15, 0.2) is 164 Å². The minimum absolute atomic E-state index is 0.668. The van der Waals surface area contributed by atoms with Crippen molar-refractivity contribution in [3.05, 3.63) is 164 Å². The summed E-state index contributed by atoms with van der Waals surface area (Å²) in [5.41, 5.74) is 9.83. The molecule has 0 aliphatic carbocycles. The molecule has 0 N–H and O–H groups in total. The Morgan fingerprint density at radius 2 is 1.02 bits per heavy atom. The molecule has 10 rings (SSSR count). The van der Waals surface area contributed by atoms with Gasteiger partial charge in [0.2, 0.25) is 5.95 Å². The van der Waals surface area contributed by atoms with Crippen molar-refractivity contribution < 1.29 is 0 Å². The van der Waals surface area contributed by atoms with Crippen LogP contribution in [-0.4, -0.2) is 14.5 Å². The SMILES string of the molecule is c1ccc(-c2ccc(-c3nc(-n4c5cc(-c6ccccc6)ccc5c5c6sc7ccccc7c6ccc54)nc4ccccc34)cc2)cc1. The summed E-state index contributed by atoms with van der Waals surface area (Å²) in [7, 11) is 0. The van der Waals surface area contributed by atoms with Crippen molar-refractivity contribution in [3.63, 3.8) is 0 Å².